The van der Waals surface area contributed by atoms with Crippen molar-refractivity contribution >= 4 is 11.5 Å². The second-order valence-electron chi connectivity index (χ2n) is 4.42. The summed E-state index contributed by atoms with van der Waals surface area (Å²) in [4.78, 5) is 18.8. The Morgan fingerprint density at radius 3 is 2.74 bits per heavy atom. The van der Waals surface area contributed by atoms with Gasteiger partial charge in [-0.2, -0.15) is 0 Å². The molecule has 0 aliphatic heterocycles. The van der Waals surface area contributed by atoms with E-state index in [1.807, 2.05) is 37.4 Å². The highest BCUT2D eigenvalue weighted by atomic mass is 16.1. The Morgan fingerprint density at radius 2 is 2.11 bits per heavy atom. The molecule has 1 heterocycles. The molecule has 19 heavy (non-hydrogen) atoms. The molecule has 0 amide bonds. The third-order valence-electron chi connectivity index (χ3n) is 3.00. The minimum Gasteiger partial charge on any atom is -0.385 e. The Morgan fingerprint density at radius 1 is 1.32 bits per heavy atom. The van der Waals surface area contributed by atoms with Gasteiger partial charge in [0.25, 0.3) is 0 Å². The molecule has 0 saturated carbocycles. The van der Waals surface area contributed by atoms with E-state index >= 15 is 0 Å². The highest BCUT2D eigenvalue weighted by molar-refractivity contribution is 5.96. The van der Waals surface area contributed by atoms with Gasteiger partial charge in [0.1, 0.15) is 5.82 Å². The molecule has 0 aliphatic rings. The molecule has 2 rings (SSSR count). The van der Waals surface area contributed by atoms with Crippen molar-refractivity contribution in [1.29, 1.82) is 0 Å². The van der Waals surface area contributed by atoms with E-state index in [0.29, 0.717) is 6.42 Å². The summed E-state index contributed by atoms with van der Waals surface area (Å²) in [5, 5.41) is 3.34. The lowest BCUT2D eigenvalue weighted by molar-refractivity contribution is 0.0988. The van der Waals surface area contributed by atoms with Gasteiger partial charge in [-0.3, -0.25) is 4.79 Å². The lowest BCUT2D eigenvalue weighted by Crippen LogP contribution is -2.04. The number of aryl methyl sites for hydroxylation is 1. The molecule has 0 aliphatic carbocycles. The van der Waals surface area contributed by atoms with Gasteiger partial charge >= 0.3 is 0 Å². The van der Waals surface area contributed by atoms with Crippen molar-refractivity contribution in [2.45, 2.75) is 26.2 Å². The molecule has 4 nitrogen and oxygen atoms in total. The quantitative estimate of drug-likeness (QED) is 0.592. The number of imidazole rings is 1. The number of benzene rings is 1. The first-order valence-corrected chi connectivity index (χ1v) is 6.65. The fourth-order valence-electron chi connectivity index (χ4n) is 1.90. The van der Waals surface area contributed by atoms with Gasteiger partial charge < -0.3 is 10.3 Å². The van der Waals surface area contributed by atoms with Crippen molar-refractivity contribution < 1.29 is 4.79 Å². The molecule has 0 atom stereocenters. The second kappa shape index (κ2) is 6.73. The Balaban J connectivity index is 1.75. The van der Waals surface area contributed by atoms with E-state index in [1.165, 1.54) is 0 Å². The molecule has 4 heteroatoms. The van der Waals surface area contributed by atoms with Crippen LogP contribution in [-0.4, -0.2) is 22.3 Å². The summed E-state index contributed by atoms with van der Waals surface area (Å²) >= 11 is 0. The summed E-state index contributed by atoms with van der Waals surface area (Å²) in [6, 6.07) is 7.66. The van der Waals surface area contributed by atoms with Crippen LogP contribution in [0, 0.1) is 0 Å². The Labute approximate surface area is 113 Å². The number of aromatic nitrogens is 2. The standard InChI is InChI=1S/C15H19N3O/c1-2-14(19)12-5-7-13(8-6-12)16-9-3-4-15-17-10-11-18-15/h5-8,10-11,16H,2-4,9H2,1H3,(H,17,18). The molecule has 1 aromatic carbocycles. The number of carbonyl (C=O) groups excluding carboxylic acids is 1. The molecule has 0 radical (unpaired) electrons. The van der Waals surface area contributed by atoms with E-state index in [2.05, 4.69) is 15.3 Å². The summed E-state index contributed by atoms with van der Waals surface area (Å²) in [7, 11) is 0. The number of rotatable bonds is 7. The number of H-pyrrole nitrogens is 1. The van der Waals surface area contributed by atoms with Gasteiger partial charge in [0.05, 0.1) is 0 Å². The number of aromatic amines is 1. The minimum atomic E-state index is 0.185. The molecular weight excluding hydrogens is 238 g/mol. The average Bonchev–Trinajstić information content (AvgIpc) is 2.96. The van der Waals surface area contributed by atoms with Gasteiger partial charge in [0.2, 0.25) is 0 Å². The fraction of sp³-hybridized carbons (Fsp3) is 0.333. The van der Waals surface area contributed by atoms with Gasteiger partial charge in [0.15, 0.2) is 5.78 Å². The first kappa shape index (κ1) is 13.3. The van der Waals surface area contributed by atoms with Crippen LogP contribution in [0.5, 0.6) is 0 Å². The van der Waals surface area contributed by atoms with Crippen LogP contribution in [0.1, 0.15) is 35.9 Å². The van der Waals surface area contributed by atoms with Crippen LogP contribution in [0.2, 0.25) is 0 Å². The van der Waals surface area contributed by atoms with Crippen molar-refractivity contribution in [3.8, 4) is 0 Å². The van der Waals surface area contributed by atoms with Crippen LogP contribution in [0.4, 0.5) is 5.69 Å². The van der Waals surface area contributed by atoms with Crippen LogP contribution < -0.4 is 5.32 Å². The predicted molar refractivity (Wildman–Crippen MR) is 76.5 cm³/mol. The summed E-state index contributed by atoms with van der Waals surface area (Å²) in [5.41, 5.74) is 1.83. The third kappa shape index (κ3) is 3.95. The molecule has 0 unspecified atom stereocenters. The maximum Gasteiger partial charge on any atom is 0.162 e. The number of nitrogens with one attached hydrogen (secondary N) is 2. The summed E-state index contributed by atoms with van der Waals surface area (Å²) in [6.45, 7) is 2.77. The molecule has 2 aromatic rings. The SMILES string of the molecule is CCC(=O)c1ccc(NCCCc2ncc[nH]2)cc1. The van der Waals surface area contributed by atoms with E-state index in [-0.39, 0.29) is 5.78 Å². The van der Waals surface area contributed by atoms with Crippen LogP contribution in [0.3, 0.4) is 0 Å². The maximum atomic E-state index is 11.5. The summed E-state index contributed by atoms with van der Waals surface area (Å²) in [5.74, 6) is 1.20. The van der Waals surface area contributed by atoms with E-state index in [0.717, 1.165) is 36.5 Å². The normalized spacial score (nSPS) is 10.4. The largest absolute Gasteiger partial charge is 0.385 e. The number of anilines is 1. The van der Waals surface area contributed by atoms with Gasteiger partial charge in [0, 0.05) is 43.0 Å². The number of carbonyl (C=O) groups is 1. The van der Waals surface area contributed by atoms with E-state index in [1.54, 1.807) is 6.20 Å². The van der Waals surface area contributed by atoms with Crippen LogP contribution >= 0.6 is 0 Å². The Bertz CT molecular complexity index is 503. The smallest absolute Gasteiger partial charge is 0.162 e. The highest BCUT2D eigenvalue weighted by Crippen LogP contribution is 2.11. The Hall–Kier alpha value is -2.10. The van der Waals surface area contributed by atoms with Crippen LogP contribution in [-0.2, 0) is 6.42 Å². The number of hydrogen-bond donors (Lipinski definition) is 2. The van der Waals surface area contributed by atoms with E-state index < -0.39 is 0 Å². The number of nitrogens with zero attached hydrogens (tertiary/aromatic N) is 1. The van der Waals surface area contributed by atoms with Crippen LogP contribution in [0.15, 0.2) is 36.7 Å². The number of ketones is 1. The highest BCUT2D eigenvalue weighted by Gasteiger charge is 2.02. The molecule has 0 saturated heterocycles. The third-order valence-corrected chi connectivity index (χ3v) is 3.00. The van der Waals surface area contributed by atoms with E-state index in [4.69, 9.17) is 0 Å². The zero-order valence-corrected chi connectivity index (χ0v) is 11.1. The molecule has 0 spiro atoms. The summed E-state index contributed by atoms with van der Waals surface area (Å²) in [6.07, 6.45) is 6.12. The lowest BCUT2D eigenvalue weighted by atomic mass is 10.1. The monoisotopic (exact) mass is 257 g/mol. The molecule has 1 aromatic heterocycles. The molecule has 100 valence electrons. The van der Waals surface area contributed by atoms with E-state index in [9.17, 15) is 4.79 Å². The van der Waals surface area contributed by atoms with Crippen molar-refractivity contribution in [1.82, 2.24) is 9.97 Å². The topological polar surface area (TPSA) is 57.8 Å². The fourth-order valence-corrected chi connectivity index (χ4v) is 1.90. The second-order valence-corrected chi connectivity index (χ2v) is 4.42. The first-order valence-electron chi connectivity index (χ1n) is 6.65. The first-order chi connectivity index (χ1) is 9.29. The van der Waals surface area contributed by atoms with Crippen LogP contribution in [0.25, 0.3) is 0 Å². The maximum absolute atomic E-state index is 11.5. The number of hydrogen-bond acceptors (Lipinski definition) is 3. The molecule has 0 bridgehead atoms. The minimum absolute atomic E-state index is 0.185. The predicted octanol–water partition coefficient (Wildman–Crippen LogP) is 3.05. The number of Topliss-reactive ketones (excluding diaryl/α,β-unsaturated/α-hetero) is 1. The van der Waals surface area contributed by atoms with Crippen molar-refractivity contribution in [2.75, 3.05) is 11.9 Å². The molecular formula is C15H19N3O. The van der Waals surface area contributed by atoms with Gasteiger partial charge in [-0.15, -0.1) is 0 Å². The molecule has 0 fully saturated rings. The van der Waals surface area contributed by atoms with Gasteiger partial charge in [-0.25, -0.2) is 4.98 Å². The molecule has 2 N–H and O–H groups in total. The van der Waals surface area contributed by atoms with Crippen molar-refractivity contribution in [2.24, 2.45) is 0 Å². The Kier molecular flexibility index (Phi) is 4.72. The summed E-state index contributed by atoms with van der Waals surface area (Å²) < 4.78 is 0. The average molecular weight is 257 g/mol. The lowest BCUT2D eigenvalue weighted by Gasteiger charge is -2.06. The van der Waals surface area contributed by atoms with Crippen molar-refractivity contribution in [3.63, 3.8) is 0 Å². The zero-order valence-electron chi connectivity index (χ0n) is 11.1. The van der Waals surface area contributed by atoms with Gasteiger partial charge in [-0.1, -0.05) is 6.92 Å². The van der Waals surface area contributed by atoms with Crippen molar-refractivity contribution in [3.05, 3.63) is 48.0 Å². The van der Waals surface area contributed by atoms with Gasteiger partial charge in [-0.05, 0) is 30.7 Å². The zero-order chi connectivity index (χ0) is 13.5.